The first-order valence-corrected chi connectivity index (χ1v) is 9.13. The van der Waals surface area contributed by atoms with Crippen LogP contribution in [0.25, 0.3) is 0 Å². The number of nitrogens with one attached hydrogen (secondary N) is 1. The molecule has 4 nitrogen and oxygen atoms in total. The second-order valence-corrected chi connectivity index (χ2v) is 6.97. The van der Waals surface area contributed by atoms with E-state index in [-0.39, 0.29) is 18.2 Å². The number of anilines is 2. The summed E-state index contributed by atoms with van der Waals surface area (Å²) in [6, 6.07) is 14.4. The molecule has 0 unspecified atom stereocenters. The van der Waals surface area contributed by atoms with Gasteiger partial charge in [0.25, 0.3) is 5.91 Å². The Morgan fingerprint density at radius 1 is 1.17 bits per heavy atom. The fourth-order valence-corrected chi connectivity index (χ4v) is 3.24. The zero-order valence-electron chi connectivity index (χ0n) is 12.5. The number of imide groups is 1. The average Bonchev–Trinajstić information content (AvgIpc) is 2.83. The highest BCUT2D eigenvalue weighted by atomic mass is 79.9. The van der Waals surface area contributed by atoms with Crippen molar-refractivity contribution in [1.29, 1.82) is 0 Å². The highest BCUT2D eigenvalue weighted by molar-refractivity contribution is 9.10. The van der Waals surface area contributed by atoms with Crippen molar-refractivity contribution >= 4 is 50.9 Å². The summed E-state index contributed by atoms with van der Waals surface area (Å²) in [6.07, 6.45) is 2.16. The second kappa shape index (κ2) is 6.76. The van der Waals surface area contributed by atoms with Gasteiger partial charge in [-0.25, -0.2) is 4.90 Å². The summed E-state index contributed by atoms with van der Waals surface area (Å²) in [5, 5.41) is 3.17. The molecule has 1 fully saturated rings. The quantitative estimate of drug-likeness (QED) is 0.634. The molecular formula is C17H15BrN2O2S. The molecule has 1 atom stereocenters. The van der Waals surface area contributed by atoms with Gasteiger partial charge in [0.2, 0.25) is 5.91 Å². The number of hydrogen-bond donors (Lipinski definition) is 1. The van der Waals surface area contributed by atoms with E-state index in [2.05, 4.69) is 21.2 Å². The van der Waals surface area contributed by atoms with E-state index in [0.29, 0.717) is 5.69 Å². The van der Waals surface area contributed by atoms with Crippen LogP contribution in [-0.4, -0.2) is 24.1 Å². The van der Waals surface area contributed by atoms with Crippen LogP contribution in [0.5, 0.6) is 0 Å². The number of amides is 2. The lowest BCUT2D eigenvalue weighted by atomic mass is 10.2. The topological polar surface area (TPSA) is 49.4 Å². The van der Waals surface area contributed by atoms with E-state index in [4.69, 9.17) is 0 Å². The van der Waals surface area contributed by atoms with Gasteiger partial charge in [-0.1, -0.05) is 22.0 Å². The number of thioether (sulfide) groups is 1. The van der Waals surface area contributed by atoms with Crippen LogP contribution in [0.4, 0.5) is 11.4 Å². The molecule has 23 heavy (non-hydrogen) atoms. The third-order valence-corrected chi connectivity index (χ3v) is 4.90. The van der Waals surface area contributed by atoms with Gasteiger partial charge in [-0.15, -0.1) is 11.8 Å². The van der Waals surface area contributed by atoms with Gasteiger partial charge < -0.3 is 5.32 Å². The van der Waals surface area contributed by atoms with Crippen molar-refractivity contribution in [1.82, 2.24) is 0 Å². The number of benzene rings is 2. The van der Waals surface area contributed by atoms with Gasteiger partial charge >= 0.3 is 0 Å². The summed E-state index contributed by atoms with van der Waals surface area (Å²) in [6.45, 7) is 0. The number of hydrogen-bond acceptors (Lipinski definition) is 4. The van der Waals surface area contributed by atoms with Crippen molar-refractivity contribution in [2.75, 3.05) is 16.5 Å². The van der Waals surface area contributed by atoms with Gasteiger partial charge in [-0.2, -0.15) is 0 Å². The Morgan fingerprint density at radius 2 is 1.91 bits per heavy atom. The van der Waals surface area contributed by atoms with Crippen LogP contribution < -0.4 is 10.2 Å². The molecule has 1 aliphatic rings. The van der Waals surface area contributed by atoms with E-state index in [1.807, 2.05) is 42.7 Å². The Kier molecular flexibility index (Phi) is 4.73. The maximum absolute atomic E-state index is 12.6. The molecule has 6 heteroatoms. The lowest BCUT2D eigenvalue weighted by molar-refractivity contribution is -0.121. The molecule has 2 aromatic rings. The monoisotopic (exact) mass is 390 g/mol. The van der Waals surface area contributed by atoms with Crippen molar-refractivity contribution in [2.24, 2.45) is 0 Å². The van der Waals surface area contributed by atoms with Crippen molar-refractivity contribution in [3.63, 3.8) is 0 Å². The molecule has 0 aromatic heterocycles. The molecule has 118 valence electrons. The first-order valence-electron chi connectivity index (χ1n) is 7.11. The molecule has 2 aromatic carbocycles. The molecule has 1 aliphatic heterocycles. The lowest BCUT2D eigenvalue weighted by Crippen LogP contribution is -2.34. The molecule has 0 spiro atoms. The summed E-state index contributed by atoms with van der Waals surface area (Å²) in [7, 11) is 0. The van der Waals surface area contributed by atoms with Crippen LogP contribution >= 0.6 is 27.7 Å². The minimum atomic E-state index is -0.525. The van der Waals surface area contributed by atoms with Crippen molar-refractivity contribution < 1.29 is 9.59 Å². The van der Waals surface area contributed by atoms with Crippen LogP contribution in [0.3, 0.4) is 0 Å². The Labute approximate surface area is 147 Å². The molecule has 1 heterocycles. The normalized spacial score (nSPS) is 17.7. The van der Waals surface area contributed by atoms with Gasteiger partial charge in [-0.3, -0.25) is 9.59 Å². The fourth-order valence-electron chi connectivity index (χ4n) is 2.52. The smallest absolute Gasteiger partial charge is 0.256 e. The van der Waals surface area contributed by atoms with E-state index < -0.39 is 6.04 Å². The van der Waals surface area contributed by atoms with Crippen LogP contribution in [0, 0.1) is 0 Å². The predicted molar refractivity (Wildman–Crippen MR) is 96.9 cm³/mol. The molecule has 1 N–H and O–H groups in total. The first kappa shape index (κ1) is 16.1. The van der Waals surface area contributed by atoms with Gasteiger partial charge in [-0.05, 0) is 48.7 Å². The maximum atomic E-state index is 12.6. The first-order chi connectivity index (χ1) is 11.1. The van der Waals surface area contributed by atoms with Crippen LogP contribution in [-0.2, 0) is 9.59 Å². The Morgan fingerprint density at radius 3 is 2.61 bits per heavy atom. The van der Waals surface area contributed by atoms with Gasteiger partial charge in [0.05, 0.1) is 12.1 Å². The van der Waals surface area contributed by atoms with Crippen LogP contribution in [0.15, 0.2) is 57.9 Å². The zero-order chi connectivity index (χ0) is 16.4. The number of nitrogens with zero attached hydrogens (tertiary/aromatic N) is 1. The molecule has 2 amide bonds. The van der Waals surface area contributed by atoms with E-state index >= 15 is 0 Å². The average molecular weight is 391 g/mol. The standard InChI is InChI=1S/C17H15BrN2O2S/c1-23-14-4-2-3-12(9-14)19-15-10-16(21)20(17(15)22)13-7-5-11(18)6-8-13/h2-9,15,19H,10H2,1H3/t15-/m1/s1. The third-order valence-electron chi connectivity index (χ3n) is 3.64. The lowest BCUT2D eigenvalue weighted by Gasteiger charge is -2.16. The summed E-state index contributed by atoms with van der Waals surface area (Å²) in [4.78, 5) is 27.2. The van der Waals surface area contributed by atoms with Gasteiger partial charge in [0.15, 0.2) is 0 Å². The van der Waals surface area contributed by atoms with E-state index in [0.717, 1.165) is 15.1 Å². The molecule has 1 saturated heterocycles. The molecule has 0 bridgehead atoms. The Bertz CT molecular complexity index is 749. The van der Waals surface area contributed by atoms with Crippen molar-refractivity contribution in [3.05, 3.63) is 53.0 Å². The highest BCUT2D eigenvalue weighted by Crippen LogP contribution is 2.27. The zero-order valence-corrected chi connectivity index (χ0v) is 14.9. The highest BCUT2D eigenvalue weighted by Gasteiger charge is 2.39. The van der Waals surface area contributed by atoms with Crippen molar-refractivity contribution in [3.8, 4) is 0 Å². The van der Waals surface area contributed by atoms with Gasteiger partial charge in [0.1, 0.15) is 6.04 Å². The largest absolute Gasteiger partial charge is 0.373 e. The second-order valence-electron chi connectivity index (χ2n) is 5.18. The van der Waals surface area contributed by atoms with Crippen molar-refractivity contribution in [2.45, 2.75) is 17.4 Å². The van der Waals surface area contributed by atoms with Crippen LogP contribution in [0.1, 0.15) is 6.42 Å². The maximum Gasteiger partial charge on any atom is 0.256 e. The molecular weight excluding hydrogens is 376 g/mol. The number of halogens is 1. The molecule has 3 rings (SSSR count). The van der Waals surface area contributed by atoms with E-state index in [9.17, 15) is 9.59 Å². The van der Waals surface area contributed by atoms with Crippen LogP contribution in [0.2, 0.25) is 0 Å². The SMILES string of the molecule is CSc1cccc(N[C@@H]2CC(=O)N(c3ccc(Br)cc3)C2=O)c1. The molecule has 0 saturated carbocycles. The molecule has 0 radical (unpaired) electrons. The summed E-state index contributed by atoms with van der Waals surface area (Å²) < 4.78 is 0.906. The number of rotatable bonds is 4. The fraction of sp³-hybridized carbons (Fsp3) is 0.176. The summed E-state index contributed by atoms with van der Waals surface area (Å²) in [5.41, 5.74) is 1.45. The molecule has 0 aliphatic carbocycles. The third kappa shape index (κ3) is 3.43. The Hall–Kier alpha value is -1.79. The van der Waals surface area contributed by atoms with Gasteiger partial charge in [0, 0.05) is 15.1 Å². The Balaban J connectivity index is 1.79. The number of carbonyl (C=O) groups is 2. The number of carbonyl (C=O) groups excluding carboxylic acids is 2. The minimum Gasteiger partial charge on any atom is -0.373 e. The minimum absolute atomic E-state index is 0.165. The van der Waals surface area contributed by atoms with E-state index in [1.165, 1.54) is 4.90 Å². The predicted octanol–water partition coefficient (Wildman–Crippen LogP) is 3.92. The van der Waals surface area contributed by atoms with E-state index in [1.54, 1.807) is 23.9 Å². The summed E-state index contributed by atoms with van der Waals surface area (Å²) >= 11 is 4.99. The summed E-state index contributed by atoms with van der Waals surface area (Å²) in [5.74, 6) is -0.400.